The molecule has 1 heterocycles. The summed E-state index contributed by atoms with van der Waals surface area (Å²) < 4.78 is 4.03. The summed E-state index contributed by atoms with van der Waals surface area (Å²) in [5.74, 6) is 3.38. The van der Waals surface area contributed by atoms with Crippen LogP contribution in [0.4, 0.5) is 0 Å². The first-order valence-electron chi connectivity index (χ1n) is 7.82. The minimum Gasteiger partial charge on any atom is -0.369 e. The van der Waals surface area contributed by atoms with Crippen molar-refractivity contribution in [2.45, 2.75) is 11.5 Å². The quantitative estimate of drug-likeness (QED) is 0.177. The molecule has 0 saturated carbocycles. The molecule has 0 aliphatic rings. The lowest BCUT2D eigenvalue weighted by Gasteiger charge is -2.13. The predicted molar refractivity (Wildman–Crippen MR) is 112 cm³/mol. The maximum absolute atomic E-state index is 9.03. The number of aliphatic imine (C=N–C) groups is 2. The van der Waals surface area contributed by atoms with Crippen molar-refractivity contribution >= 4 is 47.0 Å². The van der Waals surface area contributed by atoms with E-state index in [1.165, 1.54) is 21.3 Å². The number of nitrogens with two attached hydrogens (primary N) is 2. The fraction of sp³-hybridized carbons (Fsp3) is 0.571. The van der Waals surface area contributed by atoms with Crippen LogP contribution in [0.1, 0.15) is 10.6 Å². The number of rotatable bonds is 10. The molecule has 0 aliphatic heterocycles. The van der Waals surface area contributed by atoms with Crippen molar-refractivity contribution in [3.8, 4) is 12.4 Å². The number of hydrogen-bond donors (Lipinski definition) is 2. The molecule has 0 bridgehead atoms. The molecule has 0 amide bonds. The van der Waals surface area contributed by atoms with Gasteiger partial charge in [-0.2, -0.15) is 34.0 Å². The highest BCUT2D eigenvalue weighted by Gasteiger charge is 2.11. The Labute approximate surface area is 171 Å². The summed E-state index contributed by atoms with van der Waals surface area (Å²) in [5, 5.41) is 22.2. The van der Waals surface area contributed by atoms with Crippen molar-refractivity contribution in [1.29, 1.82) is 10.5 Å². The Morgan fingerprint density at radius 1 is 1.04 bits per heavy atom. The molecular weight excluding hydrogens is 404 g/mol. The Morgan fingerprint density at radius 2 is 1.56 bits per heavy atom. The third-order valence-electron chi connectivity index (χ3n) is 3.28. The van der Waals surface area contributed by atoms with Gasteiger partial charge in [0.15, 0.2) is 12.4 Å². The molecular formula is C14H22N10S3. The topological polar surface area (TPSA) is 157 Å². The Hall–Kier alpha value is -2.22. The number of thioether (sulfide) groups is 2. The van der Waals surface area contributed by atoms with Gasteiger partial charge in [-0.25, -0.2) is 9.80 Å². The van der Waals surface area contributed by atoms with E-state index in [1.807, 2.05) is 12.4 Å². The zero-order valence-corrected chi connectivity index (χ0v) is 17.6. The van der Waals surface area contributed by atoms with Crippen LogP contribution in [0.15, 0.2) is 9.98 Å². The van der Waals surface area contributed by atoms with Crippen LogP contribution in [0, 0.1) is 22.9 Å². The minimum absolute atomic E-state index is 0.214. The van der Waals surface area contributed by atoms with Crippen LogP contribution in [0.3, 0.4) is 0 Å². The number of nitrogens with zero attached hydrogens (tertiary/aromatic N) is 8. The molecule has 0 aromatic carbocycles. The van der Waals surface area contributed by atoms with Crippen LogP contribution in [-0.4, -0.2) is 70.0 Å². The Balaban J connectivity index is 2.36. The Bertz CT molecular complexity index is 659. The van der Waals surface area contributed by atoms with Gasteiger partial charge in [0.25, 0.3) is 0 Å². The van der Waals surface area contributed by atoms with Gasteiger partial charge in [-0.05, 0) is 11.5 Å². The van der Waals surface area contributed by atoms with Gasteiger partial charge >= 0.3 is 0 Å². The molecule has 0 saturated heterocycles. The lowest BCUT2D eigenvalue weighted by atomic mass is 10.4. The monoisotopic (exact) mass is 426 g/mol. The van der Waals surface area contributed by atoms with Gasteiger partial charge in [0, 0.05) is 50.2 Å². The molecule has 146 valence electrons. The molecule has 4 N–H and O–H groups in total. The highest BCUT2D eigenvalue weighted by molar-refractivity contribution is 7.99. The number of aromatic nitrogens is 2. The van der Waals surface area contributed by atoms with Crippen LogP contribution in [0.2, 0.25) is 0 Å². The first-order valence-corrected chi connectivity index (χ1v) is 10.9. The summed E-state index contributed by atoms with van der Waals surface area (Å²) in [6.45, 7) is 1.00. The van der Waals surface area contributed by atoms with E-state index < -0.39 is 0 Å². The van der Waals surface area contributed by atoms with E-state index >= 15 is 0 Å². The van der Waals surface area contributed by atoms with E-state index in [0.717, 1.165) is 27.8 Å². The number of hydrogen-bond acceptors (Lipinski definition) is 9. The standard InChI is InChI=1S/C14H22N10S3/c1-19-13(17)23(9-15)3-5-25-7-11-12(27-22-21-11)8-26-6-4-24(10-16)14(18)20-2/h3-8H2,1-2H3,(H2,17,19)(H2,18,20). The van der Waals surface area contributed by atoms with Gasteiger partial charge < -0.3 is 11.5 Å². The normalized spacial score (nSPS) is 11.7. The second kappa shape index (κ2) is 13.0. The van der Waals surface area contributed by atoms with E-state index in [9.17, 15) is 0 Å². The molecule has 10 nitrogen and oxygen atoms in total. The molecule has 1 rings (SSSR count). The van der Waals surface area contributed by atoms with Crippen molar-refractivity contribution in [2.75, 3.05) is 38.7 Å². The van der Waals surface area contributed by atoms with Crippen molar-refractivity contribution in [3.05, 3.63) is 10.6 Å². The van der Waals surface area contributed by atoms with Crippen LogP contribution < -0.4 is 11.5 Å². The molecule has 0 unspecified atom stereocenters. The molecule has 0 fully saturated rings. The third-order valence-corrected chi connectivity index (χ3v) is 6.14. The lowest BCUT2D eigenvalue weighted by Crippen LogP contribution is -2.34. The van der Waals surface area contributed by atoms with Crippen LogP contribution in [-0.2, 0) is 11.5 Å². The summed E-state index contributed by atoms with van der Waals surface area (Å²) >= 11 is 4.72. The van der Waals surface area contributed by atoms with Crippen LogP contribution >= 0.6 is 35.1 Å². The van der Waals surface area contributed by atoms with Crippen molar-refractivity contribution in [3.63, 3.8) is 0 Å². The van der Waals surface area contributed by atoms with E-state index in [4.69, 9.17) is 22.0 Å². The maximum Gasteiger partial charge on any atom is 0.204 e. The van der Waals surface area contributed by atoms with Crippen molar-refractivity contribution < 1.29 is 0 Å². The maximum atomic E-state index is 9.03. The van der Waals surface area contributed by atoms with E-state index in [1.54, 1.807) is 37.6 Å². The van der Waals surface area contributed by atoms with Gasteiger partial charge in [-0.3, -0.25) is 9.98 Å². The predicted octanol–water partition coefficient (Wildman–Crippen LogP) is 0.460. The molecule has 0 atom stereocenters. The molecule has 1 aromatic heterocycles. The van der Waals surface area contributed by atoms with Crippen molar-refractivity contribution in [1.82, 2.24) is 19.4 Å². The summed E-state index contributed by atoms with van der Waals surface area (Å²) in [6, 6.07) is 0. The largest absolute Gasteiger partial charge is 0.369 e. The smallest absolute Gasteiger partial charge is 0.204 e. The molecule has 13 heteroatoms. The van der Waals surface area contributed by atoms with Gasteiger partial charge in [-0.15, -0.1) is 5.10 Å². The van der Waals surface area contributed by atoms with Crippen molar-refractivity contribution in [2.24, 2.45) is 21.5 Å². The molecule has 0 aliphatic carbocycles. The second-order valence-corrected chi connectivity index (χ2v) is 7.96. The van der Waals surface area contributed by atoms with Crippen LogP contribution in [0.25, 0.3) is 0 Å². The fourth-order valence-corrected chi connectivity index (χ4v) is 4.46. The molecule has 0 radical (unpaired) electrons. The van der Waals surface area contributed by atoms with Gasteiger partial charge in [0.2, 0.25) is 11.9 Å². The summed E-state index contributed by atoms with van der Waals surface area (Å²) in [7, 11) is 3.11. The first kappa shape index (κ1) is 22.8. The van der Waals surface area contributed by atoms with Crippen LogP contribution in [0.5, 0.6) is 0 Å². The average molecular weight is 427 g/mol. The minimum atomic E-state index is 0.214. The highest BCUT2D eigenvalue weighted by atomic mass is 32.2. The Morgan fingerprint density at radius 3 is 2.04 bits per heavy atom. The Kier molecular flexibility index (Phi) is 11.0. The zero-order chi connectivity index (χ0) is 20.1. The van der Waals surface area contributed by atoms with Gasteiger partial charge in [0.1, 0.15) is 0 Å². The third kappa shape index (κ3) is 7.90. The fourth-order valence-electron chi connectivity index (χ4n) is 1.76. The molecule has 1 aromatic rings. The average Bonchev–Trinajstić information content (AvgIpc) is 3.14. The summed E-state index contributed by atoms with van der Waals surface area (Å²) in [5.41, 5.74) is 12.2. The molecule has 27 heavy (non-hydrogen) atoms. The number of nitriles is 2. The first-order chi connectivity index (χ1) is 13.1. The highest BCUT2D eigenvalue weighted by Crippen LogP contribution is 2.22. The van der Waals surface area contributed by atoms with E-state index in [2.05, 4.69) is 19.6 Å². The number of guanidine groups is 2. The summed E-state index contributed by atoms with van der Waals surface area (Å²) in [4.78, 5) is 11.4. The summed E-state index contributed by atoms with van der Waals surface area (Å²) in [6.07, 6.45) is 4.02. The van der Waals surface area contributed by atoms with E-state index in [-0.39, 0.29) is 11.9 Å². The van der Waals surface area contributed by atoms with E-state index in [0.29, 0.717) is 18.8 Å². The van der Waals surface area contributed by atoms with Gasteiger partial charge in [0.05, 0.1) is 10.6 Å². The second-order valence-electron chi connectivity index (χ2n) is 4.91. The SMILES string of the molecule is CN=C(N)N(C#N)CCSCc1nnsc1CSCCN(C#N)C(N)=NC. The lowest BCUT2D eigenvalue weighted by molar-refractivity contribution is 0.606. The van der Waals surface area contributed by atoms with Gasteiger partial charge in [-0.1, -0.05) is 4.49 Å². The zero-order valence-electron chi connectivity index (χ0n) is 15.2. The molecule has 0 spiro atoms.